The minimum atomic E-state index is 0.0757. The van der Waals surface area contributed by atoms with E-state index >= 15 is 0 Å². The molecule has 1 aromatic heterocycles. The Morgan fingerprint density at radius 1 is 1.00 bits per heavy atom. The molecule has 5 rings (SSSR count). The highest BCUT2D eigenvalue weighted by atomic mass is 16.5. The second kappa shape index (κ2) is 8.22. The molecular weight excluding hydrogens is 390 g/mol. The first-order valence-electron chi connectivity index (χ1n) is 10.5. The zero-order valence-electron chi connectivity index (χ0n) is 17.3. The number of piperidine rings is 1. The van der Waals surface area contributed by atoms with Crippen LogP contribution in [0.2, 0.25) is 0 Å². The van der Waals surface area contributed by atoms with Crippen LogP contribution in [0, 0.1) is 0 Å². The van der Waals surface area contributed by atoms with Gasteiger partial charge >= 0.3 is 0 Å². The molecule has 1 aliphatic rings. The fourth-order valence-corrected chi connectivity index (χ4v) is 4.11. The quantitative estimate of drug-likeness (QED) is 0.475. The molecule has 1 amide bonds. The van der Waals surface area contributed by atoms with Gasteiger partial charge in [0.15, 0.2) is 0 Å². The first kappa shape index (κ1) is 19.3. The first-order chi connectivity index (χ1) is 15.2. The van der Waals surface area contributed by atoms with Gasteiger partial charge in [0.05, 0.1) is 7.11 Å². The van der Waals surface area contributed by atoms with E-state index in [9.17, 15) is 4.79 Å². The van der Waals surface area contributed by atoms with E-state index in [0.717, 1.165) is 40.5 Å². The van der Waals surface area contributed by atoms with Crippen LogP contribution in [0.25, 0.3) is 22.2 Å². The van der Waals surface area contributed by atoms with Crippen molar-refractivity contribution in [2.75, 3.05) is 20.2 Å². The number of amides is 1. The van der Waals surface area contributed by atoms with Gasteiger partial charge in [0.1, 0.15) is 5.75 Å². The zero-order valence-corrected chi connectivity index (χ0v) is 17.3. The van der Waals surface area contributed by atoms with E-state index in [1.807, 2.05) is 65.6 Å². The molecule has 6 heteroatoms. The highest BCUT2D eigenvalue weighted by Crippen LogP contribution is 2.30. The topological polar surface area (TPSA) is 68.5 Å². The summed E-state index contributed by atoms with van der Waals surface area (Å²) in [7, 11) is 1.63. The zero-order chi connectivity index (χ0) is 21.2. The number of fused-ring (bicyclic) bond motifs is 1. The minimum absolute atomic E-state index is 0.0757. The minimum Gasteiger partial charge on any atom is -0.497 e. The average molecular weight is 413 g/mol. The number of aromatic nitrogens is 2. The summed E-state index contributed by atoms with van der Waals surface area (Å²) in [5, 5.41) is 6.37. The summed E-state index contributed by atoms with van der Waals surface area (Å²) in [6, 6.07) is 21.6. The van der Waals surface area contributed by atoms with Gasteiger partial charge in [-0.1, -0.05) is 47.6 Å². The van der Waals surface area contributed by atoms with Gasteiger partial charge in [-0.3, -0.25) is 4.79 Å². The van der Waals surface area contributed by atoms with Crippen molar-refractivity contribution in [3.05, 3.63) is 78.2 Å². The standard InChI is InChI=1S/C25H23N3O3/c1-30-22-8-4-7-20(16-22)23-26-24(31-27-23)18-11-13-28(14-12-18)25(29)21-10-9-17-5-2-3-6-19(17)15-21/h2-10,15-16,18H,11-14H2,1H3. The van der Waals surface area contributed by atoms with Gasteiger partial charge in [-0.2, -0.15) is 4.98 Å². The molecule has 1 fully saturated rings. The van der Waals surface area contributed by atoms with E-state index in [-0.39, 0.29) is 11.8 Å². The summed E-state index contributed by atoms with van der Waals surface area (Å²) in [5.41, 5.74) is 1.59. The molecule has 0 atom stereocenters. The number of carbonyl (C=O) groups excluding carboxylic acids is 1. The Morgan fingerprint density at radius 2 is 1.81 bits per heavy atom. The SMILES string of the molecule is COc1cccc(-c2noc(C3CCN(C(=O)c4ccc5ccccc5c4)CC3)n2)c1. The van der Waals surface area contributed by atoms with Gasteiger partial charge in [0.2, 0.25) is 11.7 Å². The molecule has 3 aromatic carbocycles. The van der Waals surface area contributed by atoms with Crippen LogP contribution in [0.5, 0.6) is 5.75 Å². The van der Waals surface area contributed by atoms with Crippen LogP contribution in [-0.2, 0) is 0 Å². The Kier molecular flexibility index (Phi) is 5.12. The third kappa shape index (κ3) is 3.89. The van der Waals surface area contributed by atoms with Crippen molar-refractivity contribution < 1.29 is 14.1 Å². The smallest absolute Gasteiger partial charge is 0.253 e. The highest BCUT2D eigenvalue weighted by Gasteiger charge is 2.28. The Morgan fingerprint density at radius 3 is 2.61 bits per heavy atom. The number of benzene rings is 3. The maximum Gasteiger partial charge on any atom is 0.253 e. The number of hydrogen-bond donors (Lipinski definition) is 0. The second-order valence-corrected chi connectivity index (χ2v) is 7.82. The first-order valence-corrected chi connectivity index (χ1v) is 10.5. The van der Waals surface area contributed by atoms with Crippen molar-refractivity contribution in [2.24, 2.45) is 0 Å². The number of carbonyl (C=O) groups is 1. The number of nitrogens with zero attached hydrogens (tertiary/aromatic N) is 3. The third-order valence-corrected chi connectivity index (χ3v) is 5.90. The van der Waals surface area contributed by atoms with Crippen LogP contribution >= 0.6 is 0 Å². The number of methoxy groups -OCH3 is 1. The molecule has 1 aliphatic heterocycles. The lowest BCUT2D eigenvalue weighted by atomic mass is 9.96. The Bertz CT molecular complexity index is 1230. The van der Waals surface area contributed by atoms with Gasteiger partial charge in [0, 0.05) is 30.1 Å². The Balaban J connectivity index is 1.26. The normalized spacial score (nSPS) is 14.7. The highest BCUT2D eigenvalue weighted by molar-refractivity contribution is 5.98. The molecule has 6 nitrogen and oxygen atoms in total. The van der Waals surface area contributed by atoms with Crippen molar-refractivity contribution in [3.8, 4) is 17.1 Å². The van der Waals surface area contributed by atoms with Crippen LogP contribution in [0.15, 0.2) is 71.3 Å². The monoisotopic (exact) mass is 413 g/mol. The lowest BCUT2D eigenvalue weighted by molar-refractivity contribution is 0.0704. The summed E-state index contributed by atoms with van der Waals surface area (Å²) >= 11 is 0. The lowest BCUT2D eigenvalue weighted by Crippen LogP contribution is -2.38. The molecule has 156 valence electrons. The van der Waals surface area contributed by atoms with E-state index in [4.69, 9.17) is 9.26 Å². The molecule has 0 bridgehead atoms. The molecule has 0 aliphatic carbocycles. The van der Waals surface area contributed by atoms with Crippen molar-refractivity contribution in [1.82, 2.24) is 15.0 Å². The molecule has 0 radical (unpaired) electrons. The van der Waals surface area contributed by atoms with Crippen LogP contribution in [0.4, 0.5) is 0 Å². The molecule has 0 spiro atoms. The fraction of sp³-hybridized carbons (Fsp3) is 0.240. The number of rotatable bonds is 4. The predicted octanol–water partition coefficient (Wildman–Crippen LogP) is 4.92. The number of likely N-dealkylation sites (tertiary alicyclic amines) is 1. The van der Waals surface area contributed by atoms with Gasteiger partial charge in [0.25, 0.3) is 5.91 Å². The van der Waals surface area contributed by atoms with E-state index in [0.29, 0.717) is 24.8 Å². The van der Waals surface area contributed by atoms with Gasteiger partial charge < -0.3 is 14.2 Å². The maximum atomic E-state index is 13.0. The van der Waals surface area contributed by atoms with E-state index in [1.165, 1.54) is 0 Å². The molecule has 1 saturated heterocycles. The van der Waals surface area contributed by atoms with E-state index in [1.54, 1.807) is 7.11 Å². The molecule has 0 unspecified atom stereocenters. The van der Waals surface area contributed by atoms with Crippen molar-refractivity contribution in [2.45, 2.75) is 18.8 Å². The summed E-state index contributed by atoms with van der Waals surface area (Å²) in [6.45, 7) is 1.35. The van der Waals surface area contributed by atoms with Crippen LogP contribution in [0.3, 0.4) is 0 Å². The van der Waals surface area contributed by atoms with Crippen molar-refractivity contribution in [1.29, 1.82) is 0 Å². The average Bonchev–Trinajstić information content (AvgIpc) is 3.34. The maximum absolute atomic E-state index is 13.0. The summed E-state index contributed by atoms with van der Waals surface area (Å²) in [5.74, 6) is 2.18. The molecule has 2 heterocycles. The van der Waals surface area contributed by atoms with Gasteiger partial charge in [-0.25, -0.2) is 0 Å². The summed E-state index contributed by atoms with van der Waals surface area (Å²) in [4.78, 5) is 19.5. The van der Waals surface area contributed by atoms with Gasteiger partial charge in [-0.15, -0.1) is 0 Å². The summed E-state index contributed by atoms with van der Waals surface area (Å²) in [6.07, 6.45) is 1.61. The summed E-state index contributed by atoms with van der Waals surface area (Å²) < 4.78 is 10.8. The second-order valence-electron chi connectivity index (χ2n) is 7.82. The molecular formula is C25H23N3O3. The van der Waals surface area contributed by atoms with Gasteiger partial charge in [-0.05, 0) is 47.9 Å². The Labute approximate surface area is 180 Å². The largest absolute Gasteiger partial charge is 0.497 e. The molecule has 0 N–H and O–H groups in total. The lowest BCUT2D eigenvalue weighted by Gasteiger charge is -2.30. The molecule has 4 aromatic rings. The van der Waals surface area contributed by atoms with Crippen molar-refractivity contribution in [3.63, 3.8) is 0 Å². The number of hydrogen-bond acceptors (Lipinski definition) is 5. The molecule has 0 saturated carbocycles. The van der Waals surface area contributed by atoms with E-state index in [2.05, 4.69) is 16.2 Å². The van der Waals surface area contributed by atoms with E-state index < -0.39 is 0 Å². The van der Waals surface area contributed by atoms with Crippen LogP contribution < -0.4 is 4.74 Å². The predicted molar refractivity (Wildman–Crippen MR) is 118 cm³/mol. The fourth-order valence-electron chi connectivity index (χ4n) is 4.11. The van der Waals surface area contributed by atoms with Crippen molar-refractivity contribution >= 4 is 16.7 Å². The number of ether oxygens (including phenoxy) is 1. The van der Waals surface area contributed by atoms with Crippen LogP contribution in [-0.4, -0.2) is 41.1 Å². The third-order valence-electron chi connectivity index (χ3n) is 5.90. The van der Waals surface area contributed by atoms with Crippen LogP contribution in [0.1, 0.15) is 35.0 Å². The Hall–Kier alpha value is -3.67. The molecule has 31 heavy (non-hydrogen) atoms.